The molecule has 2 N–H and O–H groups in total. The average molecular weight is 331 g/mol. The van der Waals surface area contributed by atoms with E-state index in [2.05, 4.69) is 46.4 Å². The van der Waals surface area contributed by atoms with Crippen LogP contribution in [0.25, 0.3) is 0 Å². The zero-order chi connectivity index (χ0) is 17.6. The Morgan fingerprint density at radius 3 is 2.62 bits per heavy atom. The number of methoxy groups -OCH3 is 1. The molecule has 7 heteroatoms. The molecule has 0 bridgehead atoms. The fourth-order valence-corrected chi connectivity index (χ4v) is 1.98. The molecule has 0 spiro atoms. The van der Waals surface area contributed by atoms with Crippen LogP contribution < -0.4 is 15.4 Å². The van der Waals surface area contributed by atoms with Gasteiger partial charge in [0.15, 0.2) is 5.96 Å². The number of hydrogen-bond donors (Lipinski definition) is 2. The Kier molecular flexibility index (Phi) is 5.78. The number of nitrogens with zero attached hydrogens (tertiary/aromatic N) is 3. The standard InChI is InChI=1S/C17H25N5O2/c1-17(2,3)13-10-20-15(24-13)11-22-16(18-4)21-9-12-6-7-19-14(8-12)23-5/h6-8,10H,9,11H2,1-5H3,(H2,18,21,22). The van der Waals surface area contributed by atoms with Crippen LogP contribution in [-0.2, 0) is 18.5 Å². The number of ether oxygens (including phenoxy) is 1. The van der Waals surface area contributed by atoms with Gasteiger partial charge in [-0.25, -0.2) is 9.97 Å². The van der Waals surface area contributed by atoms with Gasteiger partial charge in [0.05, 0.1) is 19.9 Å². The summed E-state index contributed by atoms with van der Waals surface area (Å²) in [7, 11) is 3.32. The number of oxazole rings is 1. The van der Waals surface area contributed by atoms with Gasteiger partial charge >= 0.3 is 0 Å². The van der Waals surface area contributed by atoms with Crippen molar-refractivity contribution in [2.45, 2.75) is 39.3 Å². The van der Waals surface area contributed by atoms with Crippen molar-refractivity contribution in [2.24, 2.45) is 4.99 Å². The van der Waals surface area contributed by atoms with Crippen LogP contribution >= 0.6 is 0 Å². The van der Waals surface area contributed by atoms with Crippen LogP contribution in [-0.4, -0.2) is 30.1 Å². The van der Waals surface area contributed by atoms with Gasteiger partial charge in [0.1, 0.15) is 5.76 Å². The molecular formula is C17H25N5O2. The van der Waals surface area contributed by atoms with E-state index in [0.717, 1.165) is 11.3 Å². The third-order valence-corrected chi connectivity index (χ3v) is 3.39. The maximum atomic E-state index is 5.75. The second-order valence-electron chi connectivity index (χ2n) is 6.35. The number of hydrogen-bond acceptors (Lipinski definition) is 5. The highest BCUT2D eigenvalue weighted by Crippen LogP contribution is 2.22. The lowest BCUT2D eigenvalue weighted by atomic mass is 9.94. The van der Waals surface area contributed by atoms with Gasteiger partial charge in [-0.1, -0.05) is 20.8 Å². The summed E-state index contributed by atoms with van der Waals surface area (Å²) in [5, 5.41) is 6.42. The van der Waals surface area contributed by atoms with E-state index in [4.69, 9.17) is 9.15 Å². The highest BCUT2D eigenvalue weighted by atomic mass is 16.5. The molecule has 0 amide bonds. The minimum absolute atomic E-state index is 0.0500. The first-order valence-electron chi connectivity index (χ1n) is 7.81. The molecule has 130 valence electrons. The van der Waals surface area contributed by atoms with Gasteiger partial charge in [0.2, 0.25) is 11.8 Å². The summed E-state index contributed by atoms with van der Waals surface area (Å²) in [5.41, 5.74) is 1.00. The Labute approximate surface area is 142 Å². The third-order valence-electron chi connectivity index (χ3n) is 3.39. The molecule has 0 saturated heterocycles. The van der Waals surface area contributed by atoms with Gasteiger partial charge in [-0.15, -0.1) is 0 Å². The van der Waals surface area contributed by atoms with Gasteiger partial charge in [0.25, 0.3) is 0 Å². The van der Waals surface area contributed by atoms with Crippen molar-refractivity contribution in [3.63, 3.8) is 0 Å². The minimum atomic E-state index is -0.0500. The molecule has 2 heterocycles. The van der Waals surface area contributed by atoms with Crippen LogP contribution in [0.2, 0.25) is 0 Å². The largest absolute Gasteiger partial charge is 0.481 e. The molecule has 0 radical (unpaired) electrons. The van der Waals surface area contributed by atoms with Crippen LogP contribution in [0.15, 0.2) is 33.9 Å². The van der Waals surface area contributed by atoms with Crippen molar-refractivity contribution in [1.29, 1.82) is 0 Å². The summed E-state index contributed by atoms with van der Waals surface area (Å²) in [4.78, 5) is 12.6. The van der Waals surface area contributed by atoms with Crippen LogP contribution in [0.5, 0.6) is 5.88 Å². The summed E-state index contributed by atoms with van der Waals surface area (Å²) in [5.74, 6) is 2.76. The van der Waals surface area contributed by atoms with Gasteiger partial charge in [0, 0.05) is 31.3 Å². The summed E-state index contributed by atoms with van der Waals surface area (Å²) in [6, 6.07) is 3.80. The molecule has 0 aliphatic carbocycles. The number of nitrogens with one attached hydrogen (secondary N) is 2. The maximum absolute atomic E-state index is 5.75. The zero-order valence-corrected chi connectivity index (χ0v) is 14.9. The molecule has 0 aliphatic heterocycles. The van der Waals surface area contributed by atoms with Crippen LogP contribution in [0, 0.1) is 0 Å². The molecule has 2 rings (SSSR count). The van der Waals surface area contributed by atoms with Gasteiger partial charge in [-0.3, -0.25) is 4.99 Å². The highest BCUT2D eigenvalue weighted by molar-refractivity contribution is 5.79. The predicted molar refractivity (Wildman–Crippen MR) is 93.0 cm³/mol. The van der Waals surface area contributed by atoms with Crippen molar-refractivity contribution in [1.82, 2.24) is 20.6 Å². The monoisotopic (exact) mass is 331 g/mol. The van der Waals surface area contributed by atoms with Crippen LogP contribution in [0.4, 0.5) is 0 Å². The number of aromatic nitrogens is 2. The average Bonchev–Trinajstić information content (AvgIpc) is 3.04. The van der Waals surface area contributed by atoms with Crippen molar-refractivity contribution >= 4 is 5.96 Å². The normalized spacial score (nSPS) is 12.1. The first-order chi connectivity index (χ1) is 11.4. The smallest absolute Gasteiger partial charge is 0.213 e. The minimum Gasteiger partial charge on any atom is -0.481 e. The van der Waals surface area contributed by atoms with E-state index < -0.39 is 0 Å². The molecule has 0 atom stereocenters. The summed E-state index contributed by atoms with van der Waals surface area (Å²) >= 11 is 0. The van der Waals surface area contributed by atoms with E-state index in [0.29, 0.717) is 30.8 Å². The zero-order valence-electron chi connectivity index (χ0n) is 14.9. The lowest BCUT2D eigenvalue weighted by molar-refractivity contribution is 0.379. The molecule has 2 aromatic heterocycles. The quantitative estimate of drug-likeness (QED) is 0.646. The lowest BCUT2D eigenvalue weighted by Crippen LogP contribution is -2.36. The third kappa shape index (κ3) is 4.97. The van der Waals surface area contributed by atoms with Gasteiger partial charge in [-0.2, -0.15) is 0 Å². The highest BCUT2D eigenvalue weighted by Gasteiger charge is 2.19. The second-order valence-corrected chi connectivity index (χ2v) is 6.35. The topological polar surface area (TPSA) is 84.6 Å². The molecule has 0 aromatic carbocycles. The van der Waals surface area contributed by atoms with Crippen molar-refractivity contribution < 1.29 is 9.15 Å². The molecule has 0 unspecified atom stereocenters. The molecule has 0 saturated carbocycles. The maximum Gasteiger partial charge on any atom is 0.213 e. The van der Waals surface area contributed by atoms with Crippen molar-refractivity contribution in [3.05, 3.63) is 41.7 Å². The predicted octanol–water partition coefficient (Wildman–Crippen LogP) is 2.24. The Morgan fingerprint density at radius 1 is 1.25 bits per heavy atom. The second kappa shape index (κ2) is 7.81. The van der Waals surface area contributed by atoms with E-state index in [9.17, 15) is 0 Å². The Hall–Kier alpha value is -2.57. The number of pyridine rings is 1. The van der Waals surface area contributed by atoms with Gasteiger partial charge in [-0.05, 0) is 11.6 Å². The Bertz CT molecular complexity index is 688. The number of aliphatic imine (C=N–C) groups is 1. The SMILES string of the molecule is CN=C(NCc1ccnc(OC)c1)NCc1ncc(C(C)(C)C)o1. The lowest BCUT2D eigenvalue weighted by Gasteiger charge is -2.13. The van der Waals surface area contributed by atoms with E-state index in [-0.39, 0.29) is 5.41 Å². The summed E-state index contributed by atoms with van der Waals surface area (Å²) in [6.45, 7) is 7.35. The van der Waals surface area contributed by atoms with Crippen LogP contribution in [0.3, 0.4) is 0 Å². The fourth-order valence-electron chi connectivity index (χ4n) is 1.98. The Morgan fingerprint density at radius 2 is 2.00 bits per heavy atom. The summed E-state index contributed by atoms with van der Waals surface area (Å²) < 4.78 is 10.9. The first-order valence-corrected chi connectivity index (χ1v) is 7.81. The van der Waals surface area contributed by atoms with Gasteiger partial charge < -0.3 is 19.8 Å². The summed E-state index contributed by atoms with van der Waals surface area (Å²) in [6.07, 6.45) is 3.49. The molecule has 0 aliphatic rings. The fraction of sp³-hybridized carbons (Fsp3) is 0.471. The first kappa shape index (κ1) is 17.8. The van der Waals surface area contributed by atoms with E-state index in [1.165, 1.54) is 0 Å². The molecule has 24 heavy (non-hydrogen) atoms. The van der Waals surface area contributed by atoms with E-state index in [1.54, 1.807) is 26.6 Å². The molecule has 2 aromatic rings. The van der Waals surface area contributed by atoms with E-state index in [1.807, 2.05) is 12.1 Å². The van der Waals surface area contributed by atoms with E-state index >= 15 is 0 Å². The molecule has 0 fully saturated rings. The molecular weight excluding hydrogens is 306 g/mol. The van der Waals surface area contributed by atoms with Crippen molar-refractivity contribution in [3.8, 4) is 5.88 Å². The Balaban J connectivity index is 1.87. The number of guanidine groups is 1. The molecule has 7 nitrogen and oxygen atoms in total. The number of rotatable bonds is 5. The van der Waals surface area contributed by atoms with Crippen LogP contribution in [0.1, 0.15) is 38.0 Å². The van der Waals surface area contributed by atoms with Crippen molar-refractivity contribution in [2.75, 3.05) is 14.2 Å².